The van der Waals surface area contributed by atoms with Crippen molar-refractivity contribution in [3.8, 4) is 0 Å². The summed E-state index contributed by atoms with van der Waals surface area (Å²) in [5, 5.41) is 2.76. The van der Waals surface area contributed by atoms with Gasteiger partial charge in [-0.2, -0.15) is 13.2 Å². The van der Waals surface area contributed by atoms with Crippen molar-refractivity contribution in [2.75, 3.05) is 5.32 Å². The number of anilines is 1. The Morgan fingerprint density at radius 2 is 2.00 bits per heavy atom. The third kappa shape index (κ3) is 4.38. The van der Waals surface area contributed by atoms with Gasteiger partial charge in [0.15, 0.2) is 5.69 Å². The Morgan fingerprint density at radius 1 is 1.39 bits per heavy atom. The highest BCUT2D eigenvalue weighted by Gasteiger charge is 2.33. The topological polar surface area (TPSA) is 57.8 Å². The fourth-order valence-corrected chi connectivity index (χ4v) is 1.67. The van der Waals surface area contributed by atoms with Crippen molar-refractivity contribution < 1.29 is 13.2 Å². The van der Waals surface area contributed by atoms with Crippen LogP contribution in [0.5, 0.6) is 0 Å². The summed E-state index contributed by atoms with van der Waals surface area (Å²) in [6.07, 6.45) is -3.86. The summed E-state index contributed by atoms with van der Waals surface area (Å²) in [6, 6.07) is 0.370. The lowest BCUT2D eigenvalue weighted by atomic mass is 10.1. The summed E-state index contributed by atoms with van der Waals surface area (Å²) in [6.45, 7) is 5.82. The first kappa shape index (κ1) is 14.5. The summed E-state index contributed by atoms with van der Waals surface area (Å²) in [4.78, 5) is 16.7. The molecule has 1 unspecified atom stereocenters. The van der Waals surface area contributed by atoms with Gasteiger partial charge >= 0.3 is 6.18 Å². The van der Waals surface area contributed by atoms with E-state index in [0.717, 1.165) is 6.42 Å². The van der Waals surface area contributed by atoms with Gasteiger partial charge in [0.25, 0.3) is 5.56 Å². The molecule has 1 rings (SSSR count). The number of hydrogen-bond acceptors (Lipinski definition) is 3. The number of rotatable bonds is 4. The molecule has 0 aliphatic heterocycles. The van der Waals surface area contributed by atoms with Crippen LogP contribution in [0, 0.1) is 5.92 Å². The molecular weight excluding hydrogens is 247 g/mol. The number of aromatic amines is 1. The van der Waals surface area contributed by atoms with E-state index in [1.807, 2.05) is 20.8 Å². The second-order valence-corrected chi connectivity index (χ2v) is 4.65. The third-order valence-corrected chi connectivity index (χ3v) is 2.24. The van der Waals surface area contributed by atoms with Crippen LogP contribution < -0.4 is 10.9 Å². The molecule has 1 heterocycles. The zero-order valence-electron chi connectivity index (χ0n) is 10.4. The summed E-state index contributed by atoms with van der Waals surface area (Å²) < 4.78 is 37.4. The second-order valence-electron chi connectivity index (χ2n) is 4.65. The predicted octanol–water partition coefficient (Wildman–Crippen LogP) is 2.64. The number of halogens is 3. The first-order chi connectivity index (χ1) is 8.18. The number of H-pyrrole nitrogens is 1. The van der Waals surface area contributed by atoms with Crippen LogP contribution >= 0.6 is 0 Å². The summed E-state index contributed by atoms with van der Waals surface area (Å²) >= 11 is 0. The Labute approximate surface area is 103 Å². The van der Waals surface area contributed by atoms with Gasteiger partial charge in [0, 0.05) is 12.1 Å². The van der Waals surface area contributed by atoms with Gasteiger partial charge in [-0.15, -0.1) is 0 Å². The summed E-state index contributed by atoms with van der Waals surface area (Å²) in [5.41, 5.74) is -2.01. The lowest BCUT2D eigenvalue weighted by molar-refractivity contribution is -0.141. The molecule has 0 spiro atoms. The van der Waals surface area contributed by atoms with E-state index in [0.29, 0.717) is 12.0 Å². The maximum absolute atomic E-state index is 12.5. The minimum Gasteiger partial charge on any atom is -0.353 e. The molecule has 7 heteroatoms. The van der Waals surface area contributed by atoms with E-state index in [9.17, 15) is 18.0 Å². The lowest BCUT2D eigenvalue weighted by Gasteiger charge is -2.16. The molecule has 0 bridgehead atoms. The summed E-state index contributed by atoms with van der Waals surface area (Å²) in [5.74, 6) is 0.244. The normalized spacial score (nSPS) is 13.7. The first-order valence-corrected chi connectivity index (χ1v) is 5.63. The molecule has 0 aliphatic rings. The Kier molecular flexibility index (Phi) is 4.37. The molecule has 1 atom stereocenters. The van der Waals surface area contributed by atoms with Crippen LogP contribution in [0.3, 0.4) is 0 Å². The Balaban J connectivity index is 2.90. The smallest absolute Gasteiger partial charge is 0.353 e. The van der Waals surface area contributed by atoms with Gasteiger partial charge in [0.2, 0.25) is 5.95 Å². The molecule has 0 aliphatic carbocycles. The highest BCUT2D eigenvalue weighted by molar-refractivity contribution is 5.27. The molecule has 0 saturated carbocycles. The molecule has 0 saturated heterocycles. The molecule has 4 nitrogen and oxygen atoms in total. The van der Waals surface area contributed by atoms with Gasteiger partial charge in [-0.25, -0.2) is 4.98 Å². The Hall–Kier alpha value is -1.53. The van der Waals surface area contributed by atoms with E-state index in [1.54, 1.807) is 0 Å². The van der Waals surface area contributed by atoms with Crippen LogP contribution in [0.2, 0.25) is 0 Å². The maximum Gasteiger partial charge on any atom is 0.433 e. The number of nitrogens with one attached hydrogen (secondary N) is 2. The molecule has 0 amide bonds. The summed E-state index contributed by atoms with van der Waals surface area (Å²) in [7, 11) is 0. The predicted molar refractivity (Wildman–Crippen MR) is 62.4 cm³/mol. The van der Waals surface area contributed by atoms with Crippen LogP contribution in [0.15, 0.2) is 10.9 Å². The SMILES string of the molecule is CC(C)CC(C)Nc1nc(C(F)(F)F)cc(=O)[nH]1. The van der Waals surface area contributed by atoms with Gasteiger partial charge in [-0.05, 0) is 19.3 Å². The Bertz CT molecular complexity index is 454. The van der Waals surface area contributed by atoms with E-state index in [1.165, 1.54) is 0 Å². The van der Waals surface area contributed by atoms with Crippen LogP contribution in [0.1, 0.15) is 32.9 Å². The van der Waals surface area contributed by atoms with Crippen molar-refractivity contribution in [2.45, 2.75) is 39.4 Å². The average Bonchev–Trinajstić information content (AvgIpc) is 2.13. The number of nitrogens with zero attached hydrogens (tertiary/aromatic N) is 1. The minimum absolute atomic E-state index is 0.0726. The van der Waals surface area contributed by atoms with Crippen molar-refractivity contribution in [2.24, 2.45) is 5.92 Å². The fourth-order valence-electron chi connectivity index (χ4n) is 1.67. The number of hydrogen-bond donors (Lipinski definition) is 2. The van der Waals surface area contributed by atoms with Gasteiger partial charge in [0.1, 0.15) is 0 Å². The molecular formula is C11H16F3N3O. The highest BCUT2D eigenvalue weighted by atomic mass is 19.4. The maximum atomic E-state index is 12.5. The van der Waals surface area contributed by atoms with E-state index in [-0.39, 0.29) is 12.0 Å². The zero-order valence-corrected chi connectivity index (χ0v) is 10.4. The van der Waals surface area contributed by atoms with Crippen LogP contribution in [-0.2, 0) is 6.18 Å². The van der Waals surface area contributed by atoms with Crippen molar-refractivity contribution in [1.29, 1.82) is 0 Å². The minimum atomic E-state index is -4.62. The molecule has 0 aromatic carbocycles. The van der Waals surface area contributed by atoms with Crippen LogP contribution in [0.25, 0.3) is 0 Å². The first-order valence-electron chi connectivity index (χ1n) is 5.63. The highest BCUT2D eigenvalue weighted by Crippen LogP contribution is 2.26. The average molecular weight is 263 g/mol. The van der Waals surface area contributed by atoms with Crippen molar-refractivity contribution in [3.63, 3.8) is 0 Å². The van der Waals surface area contributed by atoms with E-state index >= 15 is 0 Å². The fraction of sp³-hybridized carbons (Fsp3) is 0.636. The zero-order chi connectivity index (χ0) is 13.9. The van der Waals surface area contributed by atoms with E-state index in [4.69, 9.17) is 0 Å². The largest absolute Gasteiger partial charge is 0.433 e. The molecule has 2 N–H and O–H groups in total. The lowest BCUT2D eigenvalue weighted by Crippen LogP contribution is -2.24. The molecule has 0 fully saturated rings. The molecule has 1 aromatic rings. The van der Waals surface area contributed by atoms with Crippen molar-refractivity contribution >= 4 is 5.95 Å². The van der Waals surface area contributed by atoms with Crippen LogP contribution in [-0.4, -0.2) is 16.0 Å². The standard InChI is InChI=1S/C11H16F3N3O/c1-6(2)4-7(3)15-10-16-8(11(12,13)14)5-9(18)17-10/h5-7H,4H2,1-3H3,(H2,15,16,17,18). The molecule has 0 radical (unpaired) electrons. The third-order valence-electron chi connectivity index (χ3n) is 2.24. The number of aromatic nitrogens is 2. The molecule has 1 aromatic heterocycles. The van der Waals surface area contributed by atoms with Crippen molar-refractivity contribution in [1.82, 2.24) is 9.97 Å². The van der Waals surface area contributed by atoms with E-state index < -0.39 is 17.4 Å². The molecule has 102 valence electrons. The van der Waals surface area contributed by atoms with Gasteiger partial charge in [-0.1, -0.05) is 13.8 Å². The van der Waals surface area contributed by atoms with Gasteiger partial charge < -0.3 is 5.32 Å². The van der Waals surface area contributed by atoms with Crippen molar-refractivity contribution in [3.05, 3.63) is 22.1 Å². The quantitative estimate of drug-likeness (QED) is 0.878. The second kappa shape index (κ2) is 5.41. The van der Waals surface area contributed by atoms with E-state index in [2.05, 4.69) is 15.3 Å². The van der Waals surface area contributed by atoms with Crippen LogP contribution in [0.4, 0.5) is 19.1 Å². The number of alkyl halides is 3. The van der Waals surface area contributed by atoms with Gasteiger partial charge in [0.05, 0.1) is 0 Å². The molecule has 18 heavy (non-hydrogen) atoms. The Morgan fingerprint density at radius 3 is 2.50 bits per heavy atom. The van der Waals surface area contributed by atoms with Gasteiger partial charge in [-0.3, -0.25) is 9.78 Å². The monoisotopic (exact) mass is 263 g/mol.